The average Bonchev–Trinajstić information content (AvgIpc) is 2.19. The van der Waals surface area contributed by atoms with E-state index in [4.69, 9.17) is 0 Å². The van der Waals surface area contributed by atoms with Crippen LogP contribution in [0.25, 0.3) is 0 Å². The molecule has 0 atom stereocenters. The minimum Gasteiger partial charge on any atom is -0.756 e. The fraction of sp³-hybridized carbons (Fsp3) is 1.00. The van der Waals surface area contributed by atoms with Gasteiger partial charge in [-0.2, -0.15) is 0 Å². The van der Waals surface area contributed by atoms with Gasteiger partial charge in [0, 0.05) is 28.4 Å². The molecule has 0 saturated heterocycles. The van der Waals surface area contributed by atoms with Crippen LogP contribution in [0.5, 0.6) is 0 Å². The van der Waals surface area contributed by atoms with Gasteiger partial charge in [-0.1, -0.05) is 0 Å². The summed E-state index contributed by atoms with van der Waals surface area (Å²) in [6, 6.07) is 0. The first-order valence-corrected chi connectivity index (χ1v) is 6.01. The summed E-state index contributed by atoms with van der Waals surface area (Å²) in [6.07, 6.45) is 0. The van der Waals surface area contributed by atoms with E-state index in [-0.39, 0.29) is 27.3 Å². The summed E-state index contributed by atoms with van der Waals surface area (Å²) in [6.45, 7) is 0. The Morgan fingerprint density at radius 2 is 0.867 bits per heavy atom. The number of rotatable bonds is 4. The Labute approximate surface area is 108 Å². The van der Waals surface area contributed by atoms with Crippen LogP contribution in [-0.4, -0.2) is 28.4 Å². The summed E-state index contributed by atoms with van der Waals surface area (Å²) in [5.41, 5.74) is 0. The third-order valence-corrected chi connectivity index (χ3v) is 2.68. The normalized spacial score (nSPS) is 11.1. The van der Waals surface area contributed by atoms with E-state index in [1.54, 1.807) is 0 Å². The van der Waals surface area contributed by atoms with E-state index in [1.165, 1.54) is 0 Å². The van der Waals surface area contributed by atoms with Crippen molar-refractivity contribution in [1.29, 1.82) is 0 Å². The van der Waals surface area contributed by atoms with Gasteiger partial charge in [0.1, 0.15) is 0 Å². The summed E-state index contributed by atoms with van der Waals surface area (Å²) in [5.74, 6) is 0. The Bertz CT molecular complexity index is 193. The Hall–Kier alpha value is 1.14. The fourth-order valence-corrected chi connectivity index (χ4v) is 0.447. The van der Waals surface area contributed by atoms with Crippen molar-refractivity contribution in [3.05, 3.63) is 0 Å². The van der Waals surface area contributed by atoms with Gasteiger partial charge in [-0.05, 0) is 0 Å². The molecule has 0 radical (unpaired) electrons. The molecule has 0 amide bonds. The topological polar surface area (TPSA) is 117 Å². The molecular weight excluding hydrogens is 350 g/mol. The van der Waals surface area contributed by atoms with Crippen molar-refractivity contribution in [2.24, 2.45) is 0 Å². The van der Waals surface area contributed by atoms with Crippen molar-refractivity contribution >= 4 is 15.6 Å². The van der Waals surface area contributed by atoms with Crippen LogP contribution in [0, 0.1) is 0 Å². The van der Waals surface area contributed by atoms with E-state index in [9.17, 15) is 18.9 Å². The second-order valence-electron chi connectivity index (χ2n) is 1.62. The zero-order chi connectivity index (χ0) is 11.8. The zero-order valence-corrected chi connectivity index (χ0v) is 14.7. The molecule has 0 spiro atoms. The first kappa shape index (κ1) is 21.4. The van der Waals surface area contributed by atoms with Crippen molar-refractivity contribution in [3.63, 3.8) is 0 Å². The van der Waals surface area contributed by atoms with Gasteiger partial charge in [0.15, 0.2) is 0 Å². The second-order valence-corrected chi connectivity index (χ2v) is 4.87. The molecule has 0 aromatic heterocycles. The number of hydrogen-bond acceptors (Lipinski definition) is 8. The van der Waals surface area contributed by atoms with E-state index < -0.39 is 15.6 Å². The Balaban J connectivity index is -0.000000180. The first-order valence-electron chi connectivity index (χ1n) is 3.09. The van der Waals surface area contributed by atoms with Crippen LogP contribution < -0.4 is 9.79 Å². The molecule has 15 heavy (non-hydrogen) atoms. The van der Waals surface area contributed by atoms with Gasteiger partial charge in [0.25, 0.3) is 15.6 Å². The van der Waals surface area contributed by atoms with Crippen molar-refractivity contribution in [1.82, 2.24) is 0 Å². The average molecular weight is 362 g/mol. The zero-order valence-electron chi connectivity index (χ0n) is 8.87. The van der Waals surface area contributed by atoms with Crippen LogP contribution in [0.3, 0.4) is 0 Å². The Morgan fingerprint density at radius 1 is 0.733 bits per heavy atom. The van der Waals surface area contributed by atoms with E-state index in [0.29, 0.717) is 0 Å². The molecule has 11 heteroatoms. The molecule has 8 nitrogen and oxygen atoms in total. The van der Waals surface area contributed by atoms with Crippen LogP contribution in [0.4, 0.5) is 0 Å². The minimum absolute atomic E-state index is 0. The van der Waals surface area contributed by atoms with Crippen molar-refractivity contribution in [2.45, 2.75) is 0 Å². The fourth-order valence-electron chi connectivity index (χ4n) is 0.149. The standard InChI is InChI=1S/2C2H7O4P.Cd/c2*1-5-7(3,4)6-2;/h2*1-2H3,(H,3,4);/q;;+2/p-2. The van der Waals surface area contributed by atoms with Crippen LogP contribution >= 0.6 is 15.6 Å². The molecule has 0 N–H and O–H groups in total. The molecular formula is C4H12CdO8P2. The van der Waals surface area contributed by atoms with Gasteiger partial charge < -0.3 is 27.9 Å². The quantitative estimate of drug-likeness (QED) is 0.485. The first-order chi connectivity index (χ1) is 6.24. The van der Waals surface area contributed by atoms with Crippen LogP contribution in [-0.2, 0) is 54.5 Å². The van der Waals surface area contributed by atoms with E-state index in [0.717, 1.165) is 28.4 Å². The molecule has 0 heterocycles. The van der Waals surface area contributed by atoms with Gasteiger partial charge in [0.05, 0.1) is 0 Å². The third kappa shape index (κ3) is 15.1. The number of phosphoric ester groups is 2. The second kappa shape index (κ2) is 10.3. The summed E-state index contributed by atoms with van der Waals surface area (Å²) in [7, 11) is -3.65. The minimum atomic E-state index is -3.90. The van der Waals surface area contributed by atoms with Crippen LogP contribution in [0.1, 0.15) is 0 Å². The van der Waals surface area contributed by atoms with E-state index in [2.05, 4.69) is 18.1 Å². The Kier molecular flexibility index (Phi) is 14.7. The summed E-state index contributed by atoms with van der Waals surface area (Å²) < 4.78 is 35.4. The smallest absolute Gasteiger partial charge is 0.756 e. The molecule has 0 bridgehead atoms. The Morgan fingerprint density at radius 3 is 0.867 bits per heavy atom. The molecule has 0 unspecified atom stereocenters. The SMILES string of the molecule is COP(=O)([O-])OC.COP(=O)([O-])OC.[Cd+2]. The third-order valence-electron chi connectivity index (χ3n) is 0.894. The van der Waals surface area contributed by atoms with Gasteiger partial charge in [-0.25, -0.2) is 0 Å². The molecule has 0 rings (SSSR count). The molecule has 0 aliphatic heterocycles. The molecule has 0 fully saturated rings. The summed E-state index contributed by atoms with van der Waals surface area (Å²) in [4.78, 5) is 19.9. The van der Waals surface area contributed by atoms with Gasteiger partial charge in [0.2, 0.25) is 0 Å². The van der Waals surface area contributed by atoms with Crippen molar-refractivity contribution in [3.8, 4) is 0 Å². The van der Waals surface area contributed by atoms with E-state index >= 15 is 0 Å². The molecule has 0 saturated carbocycles. The van der Waals surface area contributed by atoms with Gasteiger partial charge in [-0.3, -0.25) is 9.13 Å². The molecule has 88 valence electrons. The maximum absolute atomic E-state index is 9.95. The molecule has 0 aliphatic carbocycles. The largest absolute Gasteiger partial charge is 2.00 e. The van der Waals surface area contributed by atoms with Crippen LogP contribution in [0.2, 0.25) is 0 Å². The predicted octanol–water partition coefficient (Wildman–Crippen LogP) is -0.507. The maximum atomic E-state index is 9.95. The number of hydrogen-bond donors (Lipinski definition) is 0. The number of phosphoric acid groups is 2. The van der Waals surface area contributed by atoms with Gasteiger partial charge in [-0.15, -0.1) is 0 Å². The summed E-state index contributed by atoms with van der Waals surface area (Å²) in [5, 5.41) is 0. The van der Waals surface area contributed by atoms with Gasteiger partial charge >= 0.3 is 27.3 Å². The summed E-state index contributed by atoms with van der Waals surface area (Å²) >= 11 is 0. The van der Waals surface area contributed by atoms with Crippen molar-refractivity contribution < 1.29 is 64.3 Å². The molecule has 0 aromatic carbocycles. The monoisotopic (exact) mass is 364 g/mol. The molecule has 0 aliphatic rings. The molecule has 0 aromatic rings. The van der Waals surface area contributed by atoms with Crippen LogP contribution in [0.15, 0.2) is 0 Å². The van der Waals surface area contributed by atoms with E-state index in [1.807, 2.05) is 0 Å². The van der Waals surface area contributed by atoms with Crippen molar-refractivity contribution in [2.75, 3.05) is 28.4 Å². The predicted molar refractivity (Wildman–Crippen MR) is 43.2 cm³/mol. The maximum Gasteiger partial charge on any atom is 2.00 e.